The van der Waals surface area contributed by atoms with Crippen molar-refractivity contribution in [2.75, 3.05) is 0 Å². The molecule has 0 saturated heterocycles. The molecule has 1 heteroatoms. The van der Waals surface area contributed by atoms with Crippen molar-refractivity contribution in [2.45, 2.75) is 25.7 Å². The molecule has 0 spiro atoms. The first-order chi connectivity index (χ1) is 13.9. The summed E-state index contributed by atoms with van der Waals surface area (Å²) in [6.07, 6.45) is 6.69. The summed E-state index contributed by atoms with van der Waals surface area (Å²) in [5.74, 6) is 0. The minimum atomic E-state index is 1.11. The van der Waals surface area contributed by atoms with Crippen LogP contribution in [0.2, 0.25) is 0 Å². The van der Waals surface area contributed by atoms with E-state index in [1.165, 1.54) is 57.1 Å². The van der Waals surface area contributed by atoms with E-state index in [4.69, 9.17) is 4.98 Å². The molecule has 0 aliphatic heterocycles. The number of allylic oxidation sites excluding steroid dienone is 2. The second kappa shape index (κ2) is 7.44. The van der Waals surface area contributed by atoms with E-state index in [1.54, 1.807) is 0 Å². The van der Waals surface area contributed by atoms with E-state index in [0.717, 1.165) is 12.8 Å². The van der Waals surface area contributed by atoms with Gasteiger partial charge in [0.2, 0.25) is 0 Å². The Bertz CT molecular complexity index is 1130. The Balaban J connectivity index is 1.61. The van der Waals surface area contributed by atoms with Gasteiger partial charge in [-0.25, -0.2) is 0 Å². The Labute approximate surface area is 166 Å². The summed E-state index contributed by atoms with van der Waals surface area (Å²) in [5, 5.41) is 2.53. The van der Waals surface area contributed by atoms with Crippen LogP contribution in [0, 0.1) is 0 Å². The van der Waals surface area contributed by atoms with E-state index in [-0.39, 0.29) is 0 Å². The summed E-state index contributed by atoms with van der Waals surface area (Å²) >= 11 is 0. The van der Waals surface area contributed by atoms with E-state index in [9.17, 15) is 0 Å². The molecule has 1 aromatic heterocycles. The Morgan fingerprint density at radius 1 is 0.536 bits per heavy atom. The van der Waals surface area contributed by atoms with E-state index in [2.05, 4.69) is 84.9 Å². The quantitative estimate of drug-likeness (QED) is 0.371. The fourth-order valence-electron chi connectivity index (χ4n) is 4.34. The van der Waals surface area contributed by atoms with E-state index >= 15 is 0 Å². The molecule has 1 nitrogen and oxygen atoms in total. The van der Waals surface area contributed by atoms with E-state index in [1.807, 2.05) is 6.20 Å². The lowest BCUT2D eigenvalue weighted by atomic mass is 9.84. The maximum Gasteiger partial charge on any atom is 0.0742 e. The van der Waals surface area contributed by atoms with Crippen LogP contribution in [0.25, 0.3) is 33.0 Å². The fraction of sp³-hybridized carbons (Fsp3) is 0.148. The number of hydrogen-bond donors (Lipinski definition) is 0. The van der Waals surface area contributed by atoms with Gasteiger partial charge in [-0.2, -0.15) is 0 Å². The second-order valence-corrected chi connectivity index (χ2v) is 7.49. The third-order valence-electron chi connectivity index (χ3n) is 5.77. The zero-order chi connectivity index (χ0) is 18.8. The molecule has 0 radical (unpaired) electrons. The van der Waals surface area contributed by atoms with Crippen LogP contribution in [0.1, 0.15) is 36.9 Å². The van der Waals surface area contributed by atoms with Crippen LogP contribution >= 0.6 is 0 Å². The normalized spacial score (nSPS) is 14.4. The SMILES string of the molecule is c1ccc(-c2ccc(C3=C(c4nccc5ccccc45)CCCC3)cc2)cc1. The highest BCUT2D eigenvalue weighted by molar-refractivity contribution is 6.00. The van der Waals surface area contributed by atoms with E-state index < -0.39 is 0 Å². The molecule has 0 N–H and O–H groups in total. The summed E-state index contributed by atoms with van der Waals surface area (Å²) in [5.41, 5.74) is 7.93. The topological polar surface area (TPSA) is 12.9 Å². The Morgan fingerprint density at radius 2 is 1.18 bits per heavy atom. The monoisotopic (exact) mass is 361 g/mol. The lowest BCUT2D eigenvalue weighted by Gasteiger charge is -2.22. The molecule has 28 heavy (non-hydrogen) atoms. The van der Waals surface area contributed by atoms with Gasteiger partial charge in [0.15, 0.2) is 0 Å². The fourth-order valence-corrected chi connectivity index (χ4v) is 4.34. The van der Waals surface area contributed by atoms with Crippen LogP contribution in [0.4, 0.5) is 0 Å². The predicted octanol–water partition coefficient (Wildman–Crippen LogP) is 7.39. The van der Waals surface area contributed by atoms with Crippen molar-refractivity contribution in [1.82, 2.24) is 4.98 Å². The molecule has 1 aliphatic rings. The molecule has 0 unspecified atom stereocenters. The van der Waals surface area contributed by atoms with Crippen molar-refractivity contribution in [1.29, 1.82) is 0 Å². The van der Waals surface area contributed by atoms with Gasteiger partial charge in [-0.1, -0.05) is 78.9 Å². The molecule has 0 atom stereocenters. The molecule has 0 fully saturated rings. The average molecular weight is 361 g/mol. The van der Waals surface area contributed by atoms with Crippen molar-refractivity contribution in [3.63, 3.8) is 0 Å². The van der Waals surface area contributed by atoms with Crippen molar-refractivity contribution >= 4 is 21.9 Å². The second-order valence-electron chi connectivity index (χ2n) is 7.49. The highest BCUT2D eigenvalue weighted by atomic mass is 14.7. The van der Waals surface area contributed by atoms with Gasteiger partial charge in [-0.15, -0.1) is 0 Å². The molecule has 3 aromatic carbocycles. The Kier molecular flexibility index (Phi) is 4.50. The molecule has 136 valence electrons. The number of hydrogen-bond acceptors (Lipinski definition) is 1. The van der Waals surface area contributed by atoms with Crippen molar-refractivity contribution in [3.8, 4) is 11.1 Å². The Morgan fingerprint density at radius 3 is 2.00 bits per heavy atom. The van der Waals surface area contributed by atoms with Gasteiger partial charge in [-0.3, -0.25) is 4.98 Å². The summed E-state index contributed by atoms with van der Waals surface area (Å²) in [6.45, 7) is 0. The molecular weight excluding hydrogens is 338 g/mol. The molecule has 5 rings (SSSR count). The highest BCUT2D eigenvalue weighted by Gasteiger charge is 2.18. The molecule has 1 aliphatic carbocycles. The largest absolute Gasteiger partial charge is 0.256 e. The van der Waals surface area contributed by atoms with Crippen LogP contribution < -0.4 is 0 Å². The van der Waals surface area contributed by atoms with Crippen LogP contribution in [-0.4, -0.2) is 4.98 Å². The average Bonchev–Trinajstić information content (AvgIpc) is 2.79. The molecule has 0 bridgehead atoms. The molecular formula is C27H23N. The maximum atomic E-state index is 4.81. The van der Waals surface area contributed by atoms with Gasteiger partial charge >= 0.3 is 0 Å². The van der Waals surface area contributed by atoms with Gasteiger partial charge in [0.1, 0.15) is 0 Å². The molecule has 0 saturated carbocycles. The van der Waals surface area contributed by atoms with Gasteiger partial charge in [0.05, 0.1) is 5.69 Å². The smallest absolute Gasteiger partial charge is 0.0742 e. The zero-order valence-electron chi connectivity index (χ0n) is 15.9. The van der Waals surface area contributed by atoms with Crippen molar-refractivity contribution in [3.05, 3.63) is 102 Å². The first kappa shape index (κ1) is 16.9. The van der Waals surface area contributed by atoms with Gasteiger partial charge in [-0.05, 0) is 65.0 Å². The van der Waals surface area contributed by atoms with Crippen LogP contribution in [-0.2, 0) is 0 Å². The van der Waals surface area contributed by atoms with Gasteiger partial charge in [0.25, 0.3) is 0 Å². The number of pyridine rings is 1. The van der Waals surface area contributed by atoms with Crippen molar-refractivity contribution < 1.29 is 0 Å². The standard InChI is InChI=1S/C27H23N/c1-2-8-20(9-3-1)21-14-16-23(17-15-21)24-11-6-7-13-26(24)27-25-12-5-4-10-22(25)18-19-28-27/h1-5,8-10,12,14-19H,6-7,11,13H2. The minimum absolute atomic E-state index is 1.11. The van der Waals surface area contributed by atoms with Crippen LogP contribution in [0.3, 0.4) is 0 Å². The van der Waals surface area contributed by atoms with Crippen LogP contribution in [0.15, 0.2) is 91.1 Å². The zero-order valence-corrected chi connectivity index (χ0v) is 15.9. The summed E-state index contributed by atoms with van der Waals surface area (Å²) in [6, 6.07) is 30.4. The lowest BCUT2D eigenvalue weighted by molar-refractivity contribution is 0.751. The number of aromatic nitrogens is 1. The maximum absolute atomic E-state index is 4.81. The molecule has 1 heterocycles. The predicted molar refractivity (Wildman–Crippen MR) is 119 cm³/mol. The lowest BCUT2D eigenvalue weighted by Crippen LogP contribution is -2.02. The van der Waals surface area contributed by atoms with Crippen LogP contribution in [0.5, 0.6) is 0 Å². The van der Waals surface area contributed by atoms with E-state index in [0.29, 0.717) is 0 Å². The first-order valence-corrected chi connectivity index (χ1v) is 10.1. The third kappa shape index (κ3) is 3.14. The van der Waals surface area contributed by atoms with Gasteiger partial charge in [0, 0.05) is 11.6 Å². The van der Waals surface area contributed by atoms with Crippen molar-refractivity contribution in [2.24, 2.45) is 0 Å². The third-order valence-corrected chi connectivity index (χ3v) is 5.77. The summed E-state index contributed by atoms with van der Waals surface area (Å²) < 4.78 is 0. The highest BCUT2D eigenvalue weighted by Crippen LogP contribution is 2.39. The van der Waals surface area contributed by atoms with Gasteiger partial charge < -0.3 is 0 Å². The number of benzene rings is 3. The Hall–Kier alpha value is -3.19. The first-order valence-electron chi connectivity index (χ1n) is 10.1. The summed E-state index contributed by atoms with van der Waals surface area (Å²) in [7, 11) is 0. The number of nitrogens with zero attached hydrogens (tertiary/aromatic N) is 1. The molecule has 4 aromatic rings. The molecule has 0 amide bonds. The summed E-state index contributed by atoms with van der Waals surface area (Å²) in [4.78, 5) is 4.81. The minimum Gasteiger partial charge on any atom is -0.256 e. The number of fused-ring (bicyclic) bond motifs is 1. The number of rotatable bonds is 3.